The normalized spacial score (nSPS) is 29.7. The van der Waals surface area contributed by atoms with Gasteiger partial charge in [-0.05, 0) is 75.1 Å². The maximum absolute atomic E-state index is 14.1. The van der Waals surface area contributed by atoms with E-state index in [2.05, 4.69) is 49.9 Å². The zero-order valence-corrected chi connectivity index (χ0v) is 22.9. The molecule has 2 heterocycles. The van der Waals surface area contributed by atoms with E-state index in [-0.39, 0.29) is 18.0 Å². The van der Waals surface area contributed by atoms with Gasteiger partial charge in [-0.25, -0.2) is 4.79 Å². The average molecular weight is 501 g/mol. The molecule has 1 aromatic carbocycles. The van der Waals surface area contributed by atoms with Gasteiger partial charge in [-0.2, -0.15) is 0 Å². The van der Waals surface area contributed by atoms with E-state index in [0.29, 0.717) is 19.2 Å². The minimum absolute atomic E-state index is 0.136. The van der Waals surface area contributed by atoms with Crippen LogP contribution < -0.4 is 0 Å². The van der Waals surface area contributed by atoms with Crippen LogP contribution in [0.25, 0.3) is 0 Å². The molecule has 1 N–H and O–H groups in total. The summed E-state index contributed by atoms with van der Waals surface area (Å²) in [6.45, 7) is 7.73. The highest BCUT2D eigenvalue weighted by molar-refractivity contribution is 6.73. The summed E-state index contributed by atoms with van der Waals surface area (Å²) < 4.78 is 6.80. The second kappa shape index (κ2) is 11.0. The van der Waals surface area contributed by atoms with Crippen LogP contribution in [0, 0.1) is 5.41 Å². The Morgan fingerprint density at radius 2 is 1.74 bits per heavy atom. The van der Waals surface area contributed by atoms with Crippen LogP contribution in [0.4, 0.5) is 4.79 Å². The number of amides is 2. The van der Waals surface area contributed by atoms with E-state index in [1.54, 1.807) is 0 Å². The van der Waals surface area contributed by atoms with E-state index in [4.69, 9.17) is 4.43 Å². The van der Waals surface area contributed by atoms with Gasteiger partial charge in [0.15, 0.2) is 8.32 Å². The maximum Gasteiger partial charge on any atom is 0.407 e. The molecular weight excluding hydrogens is 456 g/mol. The molecule has 2 saturated heterocycles. The van der Waals surface area contributed by atoms with Crippen LogP contribution in [0.3, 0.4) is 0 Å². The van der Waals surface area contributed by atoms with Gasteiger partial charge in [0.25, 0.3) is 0 Å². The van der Waals surface area contributed by atoms with Crippen molar-refractivity contribution in [3.63, 3.8) is 0 Å². The van der Waals surface area contributed by atoms with Crippen LogP contribution >= 0.6 is 0 Å². The number of rotatable bonds is 8. The van der Waals surface area contributed by atoms with Gasteiger partial charge >= 0.3 is 6.09 Å². The zero-order valence-electron chi connectivity index (χ0n) is 21.9. The van der Waals surface area contributed by atoms with Gasteiger partial charge in [-0.15, -0.1) is 0 Å². The summed E-state index contributed by atoms with van der Waals surface area (Å²) in [5.41, 5.74) is 0.692. The van der Waals surface area contributed by atoms with Gasteiger partial charge in [-0.3, -0.25) is 4.79 Å². The second-order valence-electron chi connectivity index (χ2n) is 11.1. The second-order valence-corrected chi connectivity index (χ2v) is 15.9. The first-order chi connectivity index (χ1) is 16.8. The Kier molecular flexibility index (Phi) is 8.26. The number of carbonyl (C=O) groups excluding carboxylic acids is 1. The van der Waals surface area contributed by atoms with Gasteiger partial charge in [0.1, 0.15) is 0 Å². The molecule has 3 fully saturated rings. The first-order valence-corrected chi connectivity index (χ1v) is 16.4. The number of nitrogens with zero attached hydrogens (tertiary/aromatic N) is 2. The number of hydrogen-bond donors (Lipinski definition) is 1. The third-order valence-electron chi connectivity index (χ3n) is 9.26. The number of likely N-dealkylation sites (tertiary alicyclic amines) is 2. The lowest BCUT2D eigenvalue weighted by Crippen LogP contribution is -2.52. The fourth-order valence-corrected chi connectivity index (χ4v) is 9.97. The summed E-state index contributed by atoms with van der Waals surface area (Å²) in [6.07, 6.45) is 6.62. The van der Waals surface area contributed by atoms with E-state index in [1.807, 2.05) is 6.07 Å². The highest BCUT2D eigenvalue weighted by Gasteiger charge is 2.55. The quantitative estimate of drug-likeness (QED) is 0.450. The Balaban J connectivity index is 1.51. The van der Waals surface area contributed by atoms with Crippen LogP contribution in [0.1, 0.15) is 71.3 Å². The molecule has 1 unspecified atom stereocenters. The molecule has 4 rings (SSSR count). The molecule has 1 aliphatic carbocycles. The fourth-order valence-electron chi connectivity index (χ4n) is 7.03. The summed E-state index contributed by atoms with van der Waals surface area (Å²) in [7, 11) is -1.63. The Hall–Kier alpha value is -1.86. The average Bonchev–Trinajstić information content (AvgIpc) is 3.13. The zero-order chi connectivity index (χ0) is 25.1. The predicted molar refractivity (Wildman–Crippen MR) is 141 cm³/mol. The molecule has 35 heavy (non-hydrogen) atoms. The van der Waals surface area contributed by atoms with Crippen LogP contribution in [0.15, 0.2) is 30.3 Å². The van der Waals surface area contributed by atoms with Crippen molar-refractivity contribution >= 4 is 20.3 Å². The minimum Gasteiger partial charge on any atom is -0.465 e. The van der Waals surface area contributed by atoms with E-state index < -0.39 is 19.8 Å². The number of benzene rings is 1. The summed E-state index contributed by atoms with van der Waals surface area (Å²) in [6, 6.07) is 14.3. The Morgan fingerprint density at radius 3 is 2.34 bits per heavy atom. The lowest BCUT2D eigenvalue weighted by Gasteiger charge is -2.42. The molecule has 2 aliphatic heterocycles. The highest BCUT2D eigenvalue weighted by Crippen LogP contribution is 2.46. The molecule has 194 valence electrons. The summed E-state index contributed by atoms with van der Waals surface area (Å²) in [4.78, 5) is 29.5. The Morgan fingerprint density at radius 1 is 1.09 bits per heavy atom. The van der Waals surface area contributed by atoms with Crippen molar-refractivity contribution in [3.8, 4) is 0 Å². The van der Waals surface area contributed by atoms with Gasteiger partial charge in [-0.1, -0.05) is 51.1 Å². The van der Waals surface area contributed by atoms with Crippen molar-refractivity contribution in [3.05, 3.63) is 35.9 Å². The van der Waals surface area contributed by atoms with Crippen molar-refractivity contribution in [1.29, 1.82) is 0 Å². The smallest absolute Gasteiger partial charge is 0.407 e. The van der Waals surface area contributed by atoms with Gasteiger partial charge in [0.2, 0.25) is 5.91 Å². The number of carbonyl (C=O) groups is 2. The third-order valence-corrected chi connectivity index (χ3v) is 14.0. The topological polar surface area (TPSA) is 70.1 Å². The first kappa shape index (κ1) is 26.2. The Labute approximate surface area is 212 Å². The SMILES string of the molecule is CC[Si](CC)(CC)OC1CCC(N2C(=O)[C@]3(CCCN(C(=O)O)C3)CC2Cc2ccccc2)CC1. The van der Waals surface area contributed by atoms with Gasteiger partial charge < -0.3 is 19.3 Å². The maximum atomic E-state index is 14.1. The van der Waals surface area contributed by atoms with Crippen LogP contribution in [0.2, 0.25) is 18.1 Å². The lowest BCUT2D eigenvalue weighted by molar-refractivity contribution is -0.142. The standard InChI is InChI=1S/C28H44N2O4Si/c1-4-35(5-2,6-3)34-25-15-13-23(14-16-25)30-24(19-22-11-8-7-9-12-22)20-28(26(30)31)17-10-18-29(21-28)27(32)33/h7-9,11-12,23-25H,4-6,10,13-21H2,1-3H3,(H,32,33)/t23?,24?,25?,28-/m1/s1. The molecule has 0 radical (unpaired) electrons. The largest absolute Gasteiger partial charge is 0.465 e. The molecule has 3 aliphatic rings. The molecule has 0 bridgehead atoms. The number of piperidine rings is 1. The van der Waals surface area contributed by atoms with Crippen molar-refractivity contribution in [2.24, 2.45) is 5.41 Å². The summed E-state index contributed by atoms with van der Waals surface area (Å²) in [5, 5.41) is 9.66. The van der Waals surface area contributed by atoms with Crippen LogP contribution in [-0.2, 0) is 15.6 Å². The molecule has 1 aromatic rings. The third kappa shape index (κ3) is 5.46. The molecule has 2 amide bonds. The summed E-state index contributed by atoms with van der Waals surface area (Å²) in [5.74, 6) is 0.202. The predicted octanol–water partition coefficient (Wildman–Crippen LogP) is 5.92. The molecule has 7 heteroatoms. The fraction of sp³-hybridized carbons (Fsp3) is 0.714. The number of carboxylic acid groups (broad SMARTS) is 1. The van der Waals surface area contributed by atoms with E-state index in [1.165, 1.54) is 28.6 Å². The Bertz CT molecular complexity index is 861. The van der Waals surface area contributed by atoms with Crippen molar-refractivity contribution in [2.45, 2.75) is 108 Å². The van der Waals surface area contributed by atoms with Gasteiger partial charge in [0.05, 0.1) is 5.41 Å². The van der Waals surface area contributed by atoms with E-state index >= 15 is 0 Å². The van der Waals surface area contributed by atoms with Crippen LogP contribution in [-0.4, -0.2) is 66.5 Å². The molecular formula is C28H44N2O4Si. The van der Waals surface area contributed by atoms with Crippen molar-refractivity contribution < 1.29 is 19.1 Å². The molecule has 0 aromatic heterocycles. The molecule has 1 saturated carbocycles. The monoisotopic (exact) mass is 500 g/mol. The minimum atomic E-state index is -1.63. The molecule has 1 spiro atoms. The van der Waals surface area contributed by atoms with E-state index in [0.717, 1.165) is 51.4 Å². The van der Waals surface area contributed by atoms with Gasteiger partial charge in [0, 0.05) is 31.3 Å². The van der Waals surface area contributed by atoms with Crippen LogP contribution in [0.5, 0.6) is 0 Å². The lowest BCUT2D eigenvalue weighted by atomic mass is 9.77. The molecule has 2 atom stereocenters. The number of hydrogen-bond acceptors (Lipinski definition) is 3. The molecule has 6 nitrogen and oxygen atoms in total. The van der Waals surface area contributed by atoms with Crippen molar-refractivity contribution in [1.82, 2.24) is 9.80 Å². The van der Waals surface area contributed by atoms with E-state index in [9.17, 15) is 14.7 Å². The first-order valence-electron chi connectivity index (χ1n) is 13.9. The van der Waals surface area contributed by atoms with Crippen molar-refractivity contribution in [2.75, 3.05) is 13.1 Å². The summed E-state index contributed by atoms with van der Waals surface area (Å²) >= 11 is 0. The highest BCUT2D eigenvalue weighted by atomic mass is 28.4.